The monoisotopic (exact) mass is 789 g/mol. The van der Waals surface area contributed by atoms with Crippen molar-refractivity contribution in [1.29, 1.82) is 0 Å². The molecule has 0 unspecified atom stereocenters. The number of carbonyl (C=O) groups excluding carboxylic acids is 4. The normalized spacial score (nSPS) is 25.8. The van der Waals surface area contributed by atoms with Gasteiger partial charge in [0.25, 0.3) is 5.69 Å². The predicted octanol–water partition coefficient (Wildman–Crippen LogP) is 7.93. The highest BCUT2D eigenvalue weighted by molar-refractivity contribution is 7.22. The first-order chi connectivity index (χ1) is 26.6. The third-order valence-corrected chi connectivity index (χ3v) is 14.2. The number of aromatic hydroxyl groups is 1. The standard InChI is InChI=1S/C42H36ClN5O7S/c1-19-13-22(14-20(2)36(19)49)35-26-10-11-27-34(40(52)46(38(27)50)24-7-6-8-25(16-24)48(54)55)29(26)17-30-39(51)47(41(53)42(30,35)4)33-18-31(44-45(33)5)37-21(3)28-15-23(43)9-12-32(28)56-37/h6-10,12-16,18,27,29-30,34-35,49H,11,17H2,1-5H3/t27-,29+,30-,34-,35-,42+/m0/s1. The van der Waals surface area contributed by atoms with E-state index in [9.17, 15) is 29.6 Å². The molecule has 0 spiro atoms. The minimum absolute atomic E-state index is 0.120. The number of nitrogens with zero attached hydrogens (tertiary/aromatic N) is 5. The minimum Gasteiger partial charge on any atom is -0.507 e. The van der Waals surface area contributed by atoms with Crippen LogP contribution in [0.15, 0.2) is 72.3 Å². The zero-order valence-electron chi connectivity index (χ0n) is 31.1. The van der Waals surface area contributed by atoms with Crippen molar-refractivity contribution in [1.82, 2.24) is 9.78 Å². The Morgan fingerprint density at radius 2 is 1.68 bits per heavy atom. The van der Waals surface area contributed by atoms with Crippen molar-refractivity contribution >= 4 is 73.8 Å². The van der Waals surface area contributed by atoms with Gasteiger partial charge >= 0.3 is 0 Å². The molecule has 2 saturated heterocycles. The van der Waals surface area contributed by atoms with Crippen LogP contribution >= 0.6 is 22.9 Å². The number of aryl methyl sites for hydroxylation is 4. The molecule has 0 bridgehead atoms. The SMILES string of the molecule is Cc1cc([C@H]2C3=CC[C@@H]4C(=O)N(c5cccc([N+](=O)[O-])c5)C(=O)[C@@H]4[C@@H]3C[C@H]3C(=O)N(c4cc(-c5sc6ccc(Cl)cc6c5C)nn4C)C(=O)[C@@]23C)cc(C)c1O. The van der Waals surface area contributed by atoms with Crippen LogP contribution in [0.3, 0.4) is 0 Å². The maximum absolute atomic E-state index is 15.2. The summed E-state index contributed by atoms with van der Waals surface area (Å²) in [5, 5.41) is 28.8. The van der Waals surface area contributed by atoms with Gasteiger partial charge in [0.2, 0.25) is 23.6 Å². The Labute approximate surface area is 330 Å². The molecule has 2 aromatic heterocycles. The van der Waals surface area contributed by atoms with Crippen molar-refractivity contribution in [2.45, 2.75) is 46.5 Å². The van der Waals surface area contributed by atoms with Gasteiger partial charge in [0, 0.05) is 40.9 Å². The number of aromatic nitrogens is 2. The van der Waals surface area contributed by atoms with E-state index in [0.717, 1.165) is 36.6 Å². The van der Waals surface area contributed by atoms with Crippen LogP contribution < -0.4 is 9.80 Å². The molecule has 4 heterocycles. The van der Waals surface area contributed by atoms with E-state index < -0.39 is 63.6 Å². The number of anilines is 2. The summed E-state index contributed by atoms with van der Waals surface area (Å²) >= 11 is 7.86. The topological polar surface area (TPSA) is 156 Å². The molecule has 5 aromatic rings. The fourth-order valence-electron chi connectivity index (χ4n) is 9.99. The Morgan fingerprint density at radius 3 is 2.39 bits per heavy atom. The molecule has 1 saturated carbocycles. The molecule has 2 aliphatic carbocycles. The van der Waals surface area contributed by atoms with Crippen LogP contribution in [-0.2, 0) is 26.2 Å². The number of nitro groups is 1. The van der Waals surface area contributed by atoms with Gasteiger partial charge in [-0.25, -0.2) is 9.80 Å². The van der Waals surface area contributed by atoms with Crippen molar-refractivity contribution < 1.29 is 29.2 Å². The van der Waals surface area contributed by atoms with Crippen molar-refractivity contribution in [3.05, 3.63) is 110 Å². The minimum atomic E-state index is -1.30. The molecule has 2 aliphatic heterocycles. The van der Waals surface area contributed by atoms with Crippen LogP contribution in [0.25, 0.3) is 20.7 Å². The number of hydrogen-bond donors (Lipinski definition) is 1. The zero-order chi connectivity index (χ0) is 39.7. The van der Waals surface area contributed by atoms with E-state index in [0.29, 0.717) is 27.7 Å². The molecule has 1 N–H and O–H groups in total. The molecule has 0 radical (unpaired) electrons. The molecule has 3 aromatic carbocycles. The number of non-ortho nitro benzene ring substituents is 1. The highest BCUT2D eigenvalue weighted by atomic mass is 35.5. The second-order valence-electron chi connectivity index (χ2n) is 15.7. The number of halogens is 1. The van der Waals surface area contributed by atoms with Crippen molar-refractivity contribution in [2.24, 2.45) is 36.1 Å². The van der Waals surface area contributed by atoms with Gasteiger partial charge in [0.15, 0.2) is 0 Å². The molecule has 6 atom stereocenters. The second-order valence-corrected chi connectivity index (χ2v) is 17.2. The maximum Gasteiger partial charge on any atom is 0.271 e. The van der Waals surface area contributed by atoms with Gasteiger partial charge in [0.1, 0.15) is 17.3 Å². The molecule has 14 heteroatoms. The first-order valence-electron chi connectivity index (χ1n) is 18.4. The van der Waals surface area contributed by atoms with E-state index in [1.807, 2.05) is 50.3 Å². The summed E-state index contributed by atoms with van der Waals surface area (Å²) in [6.07, 6.45) is 2.31. The number of rotatable bonds is 5. The first kappa shape index (κ1) is 36.0. The number of thiophene rings is 1. The number of imide groups is 2. The van der Waals surface area contributed by atoms with E-state index in [2.05, 4.69) is 0 Å². The van der Waals surface area contributed by atoms with Gasteiger partial charge in [-0.2, -0.15) is 5.10 Å². The number of phenolic OH excluding ortho intramolecular Hbond substituents is 1. The summed E-state index contributed by atoms with van der Waals surface area (Å²) in [6.45, 7) is 7.37. The van der Waals surface area contributed by atoms with E-state index in [-0.39, 0.29) is 30.0 Å². The van der Waals surface area contributed by atoms with Gasteiger partial charge in [-0.1, -0.05) is 41.4 Å². The fourth-order valence-corrected chi connectivity index (χ4v) is 11.3. The Balaban J connectivity index is 1.16. The Kier molecular flexibility index (Phi) is 7.99. The van der Waals surface area contributed by atoms with Crippen LogP contribution in [0, 0.1) is 60.0 Å². The average Bonchev–Trinajstić information content (AvgIpc) is 3.83. The maximum atomic E-state index is 15.2. The third kappa shape index (κ3) is 4.92. The second kappa shape index (κ2) is 12.4. The summed E-state index contributed by atoms with van der Waals surface area (Å²) in [6, 6.07) is 16.6. The van der Waals surface area contributed by atoms with Crippen LogP contribution in [0.1, 0.15) is 47.9 Å². The summed E-state index contributed by atoms with van der Waals surface area (Å²) < 4.78 is 2.58. The van der Waals surface area contributed by atoms with Gasteiger partial charge in [-0.15, -0.1) is 11.3 Å². The molecular weight excluding hydrogens is 754 g/mol. The molecule has 4 aliphatic rings. The number of benzene rings is 3. The van der Waals surface area contributed by atoms with Crippen LogP contribution in [-0.4, -0.2) is 43.4 Å². The number of phenols is 1. The van der Waals surface area contributed by atoms with Crippen LogP contribution in [0.2, 0.25) is 5.02 Å². The fraction of sp³-hybridized carbons (Fsp3) is 0.310. The number of hydrogen-bond acceptors (Lipinski definition) is 9. The summed E-state index contributed by atoms with van der Waals surface area (Å²) in [7, 11) is 1.70. The lowest BCUT2D eigenvalue weighted by Gasteiger charge is -2.49. The Hall–Kier alpha value is -5.66. The third-order valence-electron chi connectivity index (χ3n) is 12.6. The molecular formula is C42H36ClN5O7S. The van der Waals surface area contributed by atoms with Gasteiger partial charge in [0.05, 0.1) is 38.7 Å². The summed E-state index contributed by atoms with van der Waals surface area (Å²) in [4.78, 5) is 72.8. The van der Waals surface area contributed by atoms with Gasteiger partial charge < -0.3 is 5.11 Å². The summed E-state index contributed by atoms with van der Waals surface area (Å²) in [5.74, 6) is -5.04. The lowest BCUT2D eigenvalue weighted by atomic mass is 9.51. The van der Waals surface area contributed by atoms with Crippen molar-refractivity contribution in [2.75, 3.05) is 9.80 Å². The van der Waals surface area contributed by atoms with E-state index in [4.69, 9.17) is 16.7 Å². The Morgan fingerprint density at radius 1 is 0.946 bits per heavy atom. The lowest BCUT2D eigenvalue weighted by Crippen LogP contribution is -2.49. The highest BCUT2D eigenvalue weighted by Gasteiger charge is 2.68. The smallest absolute Gasteiger partial charge is 0.271 e. The predicted molar refractivity (Wildman–Crippen MR) is 212 cm³/mol. The first-order valence-corrected chi connectivity index (χ1v) is 19.5. The molecule has 12 nitrogen and oxygen atoms in total. The quantitative estimate of drug-likeness (QED) is 0.0815. The number of amides is 4. The van der Waals surface area contributed by atoms with E-state index in [1.165, 1.54) is 29.2 Å². The summed E-state index contributed by atoms with van der Waals surface area (Å²) in [5.41, 5.74) is 2.88. The molecule has 56 heavy (non-hydrogen) atoms. The highest BCUT2D eigenvalue weighted by Crippen LogP contribution is 2.64. The molecule has 9 rings (SSSR count). The van der Waals surface area contributed by atoms with Gasteiger partial charge in [-0.05, 0) is 98.4 Å². The zero-order valence-corrected chi connectivity index (χ0v) is 32.6. The van der Waals surface area contributed by atoms with Crippen LogP contribution in [0.4, 0.5) is 17.2 Å². The molecule has 3 fully saturated rings. The molecule has 284 valence electrons. The van der Waals surface area contributed by atoms with E-state index >= 15 is 4.79 Å². The van der Waals surface area contributed by atoms with Crippen molar-refractivity contribution in [3.8, 4) is 16.3 Å². The number of nitro benzene ring substituents is 1. The number of fused-ring (bicyclic) bond motifs is 5. The molecule has 4 amide bonds. The number of allylic oxidation sites excluding steroid dienone is 2. The van der Waals surface area contributed by atoms with Gasteiger partial charge in [-0.3, -0.25) is 34.0 Å². The van der Waals surface area contributed by atoms with Crippen LogP contribution in [0.5, 0.6) is 5.75 Å². The largest absolute Gasteiger partial charge is 0.507 e. The average molecular weight is 790 g/mol. The number of carbonyl (C=O) groups is 4. The lowest BCUT2D eigenvalue weighted by molar-refractivity contribution is -0.384. The Bertz CT molecular complexity index is 2640. The van der Waals surface area contributed by atoms with E-state index in [1.54, 1.807) is 43.0 Å². The van der Waals surface area contributed by atoms with Crippen molar-refractivity contribution in [3.63, 3.8) is 0 Å².